The first-order chi connectivity index (χ1) is 9.61. The molecule has 0 saturated carbocycles. The molecule has 0 fully saturated rings. The second kappa shape index (κ2) is 6.73. The molecule has 1 N–H and O–H groups in total. The fourth-order valence-corrected chi connectivity index (χ4v) is 2.20. The Balaban J connectivity index is 2.20. The number of nitrogens with zero attached hydrogens (tertiary/aromatic N) is 1. The SMILES string of the molecule is CCNCc1ccc(N(C)c2ccc(F)cc2)cc1Cl. The average molecular weight is 293 g/mol. The molecule has 2 aromatic rings. The maximum atomic E-state index is 12.9. The van der Waals surface area contributed by atoms with Crippen molar-refractivity contribution in [1.82, 2.24) is 5.32 Å². The van der Waals surface area contributed by atoms with Crippen molar-refractivity contribution in [2.45, 2.75) is 13.5 Å². The zero-order chi connectivity index (χ0) is 14.5. The van der Waals surface area contributed by atoms with Crippen LogP contribution in [0.3, 0.4) is 0 Å². The summed E-state index contributed by atoms with van der Waals surface area (Å²) in [6.07, 6.45) is 0. The Morgan fingerprint density at radius 1 is 1.10 bits per heavy atom. The minimum atomic E-state index is -0.235. The van der Waals surface area contributed by atoms with Crippen LogP contribution in [0.4, 0.5) is 15.8 Å². The van der Waals surface area contributed by atoms with Crippen molar-refractivity contribution >= 4 is 23.0 Å². The molecule has 0 amide bonds. The number of halogens is 2. The molecule has 0 aromatic heterocycles. The standard InChI is InChI=1S/C16H18ClFN2/c1-3-19-11-12-4-7-15(10-16(12)17)20(2)14-8-5-13(18)6-9-14/h4-10,19H,3,11H2,1-2H3. The van der Waals surface area contributed by atoms with Gasteiger partial charge >= 0.3 is 0 Å². The summed E-state index contributed by atoms with van der Waals surface area (Å²) >= 11 is 6.30. The minimum absolute atomic E-state index is 0.235. The predicted octanol–water partition coefficient (Wildman–Crippen LogP) is 4.36. The van der Waals surface area contributed by atoms with E-state index in [-0.39, 0.29) is 5.82 Å². The fourth-order valence-electron chi connectivity index (χ4n) is 1.96. The highest BCUT2D eigenvalue weighted by atomic mass is 35.5. The molecular formula is C16H18ClFN2. The van der Waals surface area contributed by atoms with Crippen LogP contribution in [0.2, 0.25) is 5.02 Å². The molecule has 20 heavy (non-hydrogen) atoms. The van der Waals surface area contributed by atoms with Crippen LogP contribution in [0.1, 0.15) is 12.5 Å². The van der Waals surface area contributed by atoms with Crippen molar-refractivity contribution in [1.29, 1.82) is 0 Å². The van der Waals surface area contributed by atoms with Crippen LogP contribution in [-0.4, -0.2) is 13.6 Å². The molecule has 0 aliphatic rings. The Labute approximate surface area is 124 Å². The summed E-state index contributed by atoms with van der Waals surface area (Å²) in [7, 11) is 1.93. The maximum absolute atomic E-state index is 12.9. The van der Waals surface area contributed by atoms with Gasteiger partial charge in [0.05, 0.1) is 0 Å². The van der Waals surface area contributed by atoms with E-state index in [1.165, 1.54) is 12.1 Å². The number of benzene rings is 2. The Hall–Kier alpha value is -1.58. The highest BCUT2D eigenvalue weighted by Crippen LogP contribution is 2.28. The molecule has 0 spiro atoms. The number of hydrogen-bond acceptors (Lipinski definition) is 2. The molecule has 0 unspecified atom stereocenters. The normalized spacial score (nSPS) is 10.6. The first kappa shape index (κ1) is 14.8. The predicted molar refractivity (Wildman–Crippen MR) is 83.3 cm³/mol. The van der Waals surface area contributed by atoms with E-state index in [1.54, 1.807) is 12.1 Å². The molecule has 0 aliphatic heterocycles. The molecular weight excluding hydrogens is 275 g/mol. The molecule has 0 atom stereocenters. The van der Waals surface area contributed by atoms with Gasteiger partial charge in [-0.25, -0.2) is 4.39 Å². The van der Waals surface area contributed by atoms with Crippen molar-refractivity contribution in [3.05, 3.63) is 58.9 Å². The monoisotopic (exact) mass is 292 g/mol. The lowest BCUT2D eigenvalue weighted by Crippen LogP contribution is -2.13. The largest absolute Gasteiger partial charge is 0.345 e. The zero-order valence-electron chi connectivity index (χ0n) is 11.7. The van der Waals surface area contributed by atoms with Crippen molar-refractivity contribution in [3.8, 4) is 0 Å². The van der Waals surface area contributed by atoms with Crippen LogP contribution in [-0.2, 0) is 6.54 Å². The van der Waals surface area contributed by atoms with Crippen molar-refractivity contribution in [3.63, 3.8) is 0 Å². The van der Waals surface area contributed by atoms with Gasteiger partial charge in [0.1, 0.15) is 5.82 Å². The van der Waals surface area contributed by atoms with Crippen molar-refractivity contribution < 1.29 is 4.39 Å². The van der Waals surface area contributed by atoms with Crippen LogP contribution >= 0.6 is 11.6 Å². The van der Waals surface area contributed by atoms with Crippen LogP contribution in [0.15, 0.2) is 42.5 Å². The molecule has 2 aromatic carbocycles. The molecule has 2 rings (SSSR count). The van der Waals surface area contributed by atoms with Crippen molar-refractivity contribution in [2.75, 3.05) is 18.5 Å². The number of nitrogens with one attached hydrogen (secondary N) is 1. The van der Waals surface area contributed by atoms with Crippen LogP contribution in [0.5, 0.6) is 0 Å². The lowest BCUT2D eigenvalue weighted by molar-refractivity contribution is 0.628. The summed E-state index contributed by atoms with van der Waals surface area (Å²) in [6.45, 7) is 3.73. The van der Waals surface area contributed by atoms with Gasteiger partial charge < -0.3 is 10.2 Å². The first-order valence-electron chi connectivity index (χ1n) is 6.60. The number of hydrogen-bond donors (Lipinski definition) is 1. The summed E-state index contributed by atoms with van der Waals surface area (Å²) in [5, 5.41) is 3.99. The van der Waals surface area contributed by atoms with E-state index in [0.29, 0.717) is 0 Å². The van der Waals surface area contributed by atoms with Gasteiger partial charge in [-0.2, -0.15) is 0 Å². The maximum Gasteiger partial charge on any atom is 0.123 e. The van der Waals surface area contributed by atoms with Gasteiger partial charge in [-0.1, -0.05) is 24.6 Å². The van der Waals surface area contributed by atoms with E-state index in [9.17, 15) is 4.39 Å². The van der Waals surface area contributed by atoms with E-state index in [4.69, 9.17) is 11.6 Å². The van der Waals surface area contributed by atoms with E-state index < -0.39 is 0 Å². The third kappa shape index (κ3) is 3.50. The van der Waals surface area contributed by atoms with E-state index in [2.05, 4.69) is 12.2 Å². The van der Waals surface area contributed by atoms with Crippen LogP contribution < -0.4 is 10.2 Å². The third-order valence-electron chi connectivity index (χ3n) is 3.20. The van der Waals surface area contributed by atoms with Gasteiger partial charge in [-0.05, 0) is 48.5 Å². The molecule has 0 heterocycles. The highest BCUT2D eigenvalue weighted by molar-refractivity contribution is 6.31. The van der Waals surface area contributed by atoms with Crippen molar-refractivity contribution in [2.24, 2.45) is 0 Å². The highest BCUT2D eigenvalue weighted by Gasteiger charge is 2.07. The summed E-state index contributed by atoms with van der Waals surface area (Å²) in [5.74, 6) is -0.235. The van der Waals surface area contributed by atoms with Crippen LogP contribution in [0.25, 0.3) is 0 Å². The third-order valence-corrected chi connectivity index (χ3v) is 3.56. The van der Waals surface area contributed by atoms with Gasteiger partial charge in [-0.15, -0.1) is 0 Å². The quantitative estimate of drug-likeness (QED) is 0.881. The summed E-state index contributed by atoms with van der Waals surface area (Å²) in [6, 6.07) is 12.4. The second-order valence-electron chi connectivity index (χ2n) is 4.59. The smallest absolute Gasteiger partial charge is 0.123 e. The summed E-state index contributed by atoms with van der Waals surface area (Å²) < 4.78 is 12.9. The molecule has 0 aliphatic carbocycles. The van der Waals surface area contributed by atoms with E-state index in [0.717, 1.165) is 35.1 Å². The van der Waals surface area contributed by atoms with Gasteiger partial charge in [0.2, 0.25) is 0 Å². The van der Waals surface area contributed by atoms with Gasteiger partial charge in [0.15, 0.2) is 0 Å². The first-order valence-corrected chi connectivity index (χ1v) is 6.98. The second-order valence-corrected chi connectivity index (χ2v) is 5.00. The van der Waals surface area contributed by atoms with E-state index >= 15 is 0 Å². The Bertz CT molecular complexity index is 569. The molecule has 4 heteroatoms. The molecule has 0 saturated heterocycles. The minimum Gasteiger partial charge on any atom is -0.345 e. The number of rotatable bonds is 5. The van der Waals surface area contributed by atoms with E-state index in [1.807, 2.05) is 30.1 Å². The summed E-state index contributed by atoms with van der Waals surface area (Å²) in [5.41, 5.74) is 2.97. The lowest BCUT2D eigenvalue weighted by Gasteiger charge is -2.20. The van der Waals surface area contributed by atoms with Gasteiger partial charge in [0, 0.05) is 30.0 Å². The number of anilines is 2. The topological polar surface area (TPSA) is 15.3 Å². The Kier molecular flexibility index (Phi) is 4.99. The van der Waals surface area contributed by atoms with Gasteiger partial charge in [-0.3, -0.25) is 0 Å². The Morgan fingerprint density at radius 2 is 1.75 bits per heavy atom. The Morgan fingerprint density at radius 3 is 2.35 bits per heavy atom. The average Bonchev–Trinajstić information content (AvgIpc) is 2.46. The zero-order valence-corrected chi connectivity index (χ0v) is 12.4. The molecule has 0 radical (unpaired) electrons. The lowest BCUT2D eigenvalue weighted by atomic mass is 10.1. The van der Waals surface area contributed by atoms with Gasteiger partial charge in [0.25, 0.3) is 0 Å². The molecule has 2 nitrogen and oxygen atoms in total. The molecule has 0 bridgehead atoms. The van der Waals surface area contributed by atoms with Crippen LogP contribution in [0, 0.1) is 5.82 Å². The fraction of sp³-hybridized carbons (Fsp3) is 0.250. The summed E-state index contributed by atoms with van der Waals surface area (Å²) in [4.78, 5) is 1.97. The molecule has 106 valence electrons.